The molecule has 3 aromatic rings. The number of benzene rings is 3. The molecule has 1 aliphatic heterocycles. The maximum atomic E-state index is 13.3. The van der Waals surface area contributed by atoms with Crippen molar-refractivity contribution in [2.24, 2.45) is 0 Å². The van der Waals surface area contributed by atoms with E-state index in [0.29, 0.717) is 10.6 Å². The van der Waals surface area contributed by atoms with Gasteiger partial charge < -0.3 is 5.32 Å². The quantitative estimate of drug-likeness (QED) is 0.529. The molecule has 0 saturated heterocycles. The number of fused-ring (bicyclic) bond motifs is 1. The van der Waals surface area contributed by atoms with Crippen LogP contribution in [0.5, 0.6) is 0 Å². The SMILES string of the molecule is Cc1ccc(N2C(=O)c3ccccc3N[C@H]2c2cccc(Br)c2)cc1Cl. The molecule has 0 saturated carbocycles. The topological polar surface area (TPSA) is 32.3 Å². The first-order valence-corrected chi connectivity index (χ1v) is 9.42. The van der Waals surface area contributed by atoms with E-state index < -0.39 is 0 Å². The van der Waals surface area contributed by atoms with Crippen LogP contribution < -0.4 is 10.2 Å². The van der Waals surface area contributed by atoms with Crippen molar-refractivity contribution < 1.29 is 4.79 Å². The first-order valence-electron chi connectivity index (χ1n) is 8.25. The van der Waals surface area contributed by atoms with Crippen LogP contribution in [0.4, 0.5) is 11.4 Å². The summed E-state index contributed by atoms with van der Waals surface area (Å²) in [5.74, 6) is -0.0516. The summed E-state index contributed by atoms with van der Waals surface area (Å²) in [5.41, 5.74) is 4.20. The Morgan fingerprint density at radius 1 is 1.04 bits per heavy atom. The van der Waals surface area contributed by atoms with Crippen LogP contribution in [-0.4, -0.2) is 5.91 Å². The van der Waals surface area contributed by atoms with Crippen molar-refractivity contribution in [3.63, 3.8) is 0 Å². The Labute approximate surface area is 165 Å². The normalized spacial score (nSPS) is 16.2. The molecule has 5 heteroatoms. The molecule has 130 valence electrons. The maximum Gasteiger partial charge on any atom is 0.262 e. The van der Waals surface area contributed by atoms with Gasteiger partial charge in [0.2, 0.25) is 0 Å². The first kappa shape index (κ1) is 17.1. The lowest BCUT2D eigenvalue weighted by atomic mass is 10.0. The molecule has 0 fully saturated rings. The molecule has 26 heavy (non-hydrogen) atoms. The molecular formula is C21H16BrClN2O. The van der Waals surface area contributed by atoms with Gasteiger partial charge in [0, 0.05) is 20.9 Å². The summed E-state index contributed by atoms with van der Waals surface area (Å²) in [4.78, 5) is 15.1. The van der Waals surface area contributed by atoms with Gasteiger partial charge in [-0.25, -0.2) is 0 Å². The second kappa shape index (κ2) is 6.78. The number of carbonyl (C=O) groups excluding carboxylic acids is 1. The Kier molecular flexibility index (Phi) is 4.47. The van der Waals surface area contributed by atoms with Gasteiger partial charge in [0.1, 0.15) is 6.17 Å². The summed E-state index contributed by atoms with van der Waals surface area (Å²) in [6.45, 7) is 1.95. The molecule has 3 nitrogen and oxygen atoms in total. The van der Waals surface area contributed by atoms with Crippen LogP contribution in [0.15, 0.2) is 71.2 Å². The standard InChI is InChI=1S/C21H16BrClN2O/c1-13-9-10-16(12-18(13)23)25-20(14-5-4-6-15(22)11-14)24-19-8-3-2-7-17(19)21(25)26/h2-12,20,24H,1H3/t20-/m1/s1. The molecular weight excluding hydrogens is 412 g/mol. The smallest absolute Gasteiger partial charge is 0.262 e. The van der Waals surface area contributed by atoms with E-state index in [-0.39, 0.29) is 12.1 Å². The molecule has 0 spiro atoms. The van der Waals surface area contributed by atoms with Crippen LogP contribution in [-0.2, 0) is 0 Å². The van der Waals surface area contributed by atoms with Crippen LogP contribution >= 0.6 is 27.5 Å². The van der Waals surface area contributed by atoms with Gasteiger partial charge in [0.05, 0.1) is 5.56 Å². The second-order valence-corrected chi connectivity index (χ2v) is 7.58. The fraction of sp³-hybridized carbons (Fsp3) is 0.0952. The molecule has 0 radical (unpaired) electrons. The molecule has 4 rings (SSSR count). The Bertz CT molecular complexity index is 1000. The van der Waals surface area contributed by atoms with Crippen molar-refractivity contribution in [2.75, 3.05) is 10.2 Å². The molecule has 0 bridgehead atoms. The van der Waals surface area contributed by atoms with Crippen molar-refractivity contribution in [2.45, 2.75) is 13.1 Å². The minimum absolute atomic E-state index is 0.0516. The van der Waals surface area contributed by atoms with Crippen molar-refractivity contribution >= 4 is 44.8 Å². The zero-order chi connectivity index (χ0) is 18.3. The van der Waals surface area contributed by atoms with Crippen LogP contribution in [0, 0.1) is 6.92 Å². The highest BCUT2D eigenvalue weighted by Crippen LogP contribution is 2.38. The summed E-state index contributed by atoms with van der Waals surface area (Å²) < 4.78 is 0.963. The Hall–Kier alpha value is -2.30. The van der Waals surface area contributed by atoms with Gasteiger partial charge in [-0.2, -0.15) is 0 Å². The van der Waals surface area contributed by atoms with Gasteiger partial charge in [-0.3, -0.25) is 9.69 Å². The molecule has 0 aromatic heterocycles. The largest absolute Gasteiger partial charge is 0.360 e. The third kappa shape index (κ3) is 3.00. The van der Waals surface area contributed by atoms with E-state index in [9.17, 15) is 4.79 Å². The molecule has 0 aliphatic carbocycles. The number of aryl methyl sites for hydroxylation is 1. The Morgan fingerprint density at radius 2 is 1.85 bits per heavy atom. The van der Waals surface area contributed by atoms with Gasteiger partial charge in [0.25, 0.3) is 5.91 Å². The average molecular weight is 428 g/mol. The highest BCUT2D eigenvalue weighted by atomic mass is 79.9. The van der Waals surface area contributed by atoms with Gasteiger partial charge in [0.15, 0.2) is 0 Å². The minimum atomic E-state index is -0.325. The fourth-order valence-electron chi connectivity index (χ4n) is 3.16. The molecule has 1 heterocycles. The summed E-state index contributed by atoms with van der Waals surface area (Å²) in [5, 5.41) is 4.14. The summed E-state index contributed by atoms with van der Waals surface area (Å²) >= 11 is 9.85. The van der Waals surface area contributed by atoms with Gasteiger partial charge >= 0.3 is 0 Å². The molecule has 1 atom stereocenters. The number of anilines is 2. The Balaban J connectivity index is 1.88. The predicted octanol–water partition coefficient (Wildman–Crippen LogP) is 6.18. The molecule has 0 unspecified atom stereocenters. The highest BCUT2D eigenvalue weighted by Gasteiger charge is 2.34. The third-order valence-corrected chi connectivity index (χ3v) is 5.43. The van der Waals surface area contributed by atoms with E-state index in [1.807, 2.05) is 73.7 Å². The van der Waals surface area contributed by atoms with E-state index >= 15 is 0 Å². The number of nitrogens with zero attached hydrogens (tertiary/aromatic N) is 1. The van der Waals surface area contributed by atoms with Crippen LogP contribution in [0.3, 0.4) is 0 Å². The number of halogens is 2. The fourth-order valence-corrected chi connectivity index (χ4v) is 3.75. The number of amides is 1. The summed E-state index contributed by atoms with van der Waals surface area (Å²) in [6, 6.07) is 21.2. The van der Waals surface area contributed by atoms with Crippen molar-refractivity contribution in [3.8, 4) is 0 Å². The molecule has 1 amide bonds. The second-order valence-electron chi connectivity index (χ2n) is 6.26. The first-order chi connectivity index (χ1) is 12.5. The third-order valence-electron chi connectivity index (χ3n) is 4.52. The summed E-state index contributed by atoms with van der Waals surface area (Å²) in [6.07, 6.45) is -0.325. The lowest BCUT2D eigenvalue weighted by Gasteiger charge is -2.38. The Morgan fingerprint density at radius 3 is 2.62 bits per heavy atom. The predicted molar refractivity (Wildman–Crippen MR) is 110 cm³/mol. The maximum absolute atomic E-state index is 13.3. The van der Waals surface area contributed by atoms with Gasteiger partial charge in [-0.15, -0.1) is 0 Å². The number of rotatable bonds is 2. The number of para-hydroxylation sites is 1. The zero-order valence-electron chi connectivity index (χ0n) is 14.0. The van der Waals surface area contributed by atoms with Crippen molar-refractivity contribution in [3.05, 3.63) is 92.9 Å². The molecule has 1 aliphatic rings. The van der Waals surface area contributed by atoms with Crippen LogP contribution in [0.1, 0.15) is 27.7 Å². The van der Waals surface area contributed by atoms with E-state index in [1.165, 1.54) is 0 Å². The van der Waals surface area contributed by atoms with Crippen molar-refractivity contribution in [1.29, 1.82) is 0 Å². The summed E-state index contributed by atoms with van der Waals surface area (Å²) in [7, 11) is 0. The van der Waals surface area contributed by atoms with Crippen molar-refractivity contribution in [1.82, 2.24) is 0 Å². The average Bonchev–Trinajstić information content (AvgIpc) is 2.64. The molecule has 1 N–H and O–H groups in total. The number of carbonyl (C=O) groups is 1. The highest BCUT2D eigenvalue weighted by molar-refractivity contribution is 9.10. The number of hydrogen-bond acceptors (Lipinski definition) is 2. The van der Waals surface area contributed by atoms with E-state index in [2.05, 4.69) is 21.2 Å². The van der Waals surface area contributed by atoms with Gasteiger partial charge in [-0.1, -0.05) is 57.9 Å². The van der Waals surface area contributed by atoms with E-state index in [1.54, 1.807) is 4.90 Å². The van der Waals surface area contributed by atoms with E-state index in [0.717, 1.165) is 27.0 Å². The molecule has 3 aromatic carbocycles. The van der Waals surface area contributed by atoms with E-state index in [4.69, 9.17) is 11.6 Å². The number of hydrogen-bond donors (Lipinski definition) is 1. The number of nitrogens with one attached hydrogen (secondary N) is 1. The minimum Gasteiger partial charge on any atom is -0.360 e. The van der Waals surface area contributed by atoms with Gasteiger partial charge in [-0.05, 0) is 54.4 Å². The lowest BCUT2D eigenvalue weighted by Crippen LogP contribution is -2.43. The van der Waals surface area contributed by atoms with Crippen LogP contribution in [0.2, 0.25) is 5.02 Å². The zero-order valence-corrected chi connectivity index (χ0v) is 16.4. The van der Waals surface area contributed by atoms with Crippen LogP contribution in [0.25, 0.3) is 0 Å². The monoisotopic (exact) mass is 426 g/mol. The lowest BCUT2D eigenvalue weighted by molar-refractivity contribution is 0.0975.